The zero-order valence-corrected chi connectivity index (χ0v) is 44.6. The average molecular weight is 1070 g/mol. The first-order valence-electron chi connectivity index (χ1n) is 27.8. The third-order valence-electron chi connectivity index (χ3n) is 17.9. The van der Waals surface area contributed by atoms with Crippen LogP contribution in [0, 0.1) is 46.9 Å². The number of hydrogen-bond acceptors (Lipinski definition) is 10. The van der Waals surface area contributed by atoms with Crippen LogP contribution in [0.1, 0.15) is 158 Å². The largest absolute Gasteiger partial charge is 0.453 e. The van der Waals surface area contributed by atoms with Crippen molar-refractivity contribution in [3.8, 4) is 0 Å². The number of rotatable bonds is 12. The molecule has 4 aliphatic heterocycles. The van der Waals surface area contributed by atoms with Crippen LogP contribution >= 0.6 is 0 Å². The van der Waals surface area contributed by atoms with Gasteiger partial charge in [0.05, 0.1) is 60.5 Å². The van der Waals surface area contributed by atoms with E-state index < -0.39 is 71.7 Å². The Balaban J connectivity index is 0.957. The topological polar surface area (TPSA) is 181 Å². The van der Waals surface area contributed by atoms with Gasteiger partial charge in [0.2, 0.25) is 11.8 Å². The van der Waals surface area contributed by atoms with Gasteiger partial charge >= 0.3 is 12.2 Å². The van der Waals surface area contributed by atoms with Gasteiger partial charge in [0, 0.05) is 54.1 Å². The van der Waals surface area contributed by atoms with E-state index in [0.717, 1.165) is 57.8 Å². The number of ether oxygens (including phenoxy) is 2. The number of aromatic amines is 2. The summed E-state index contributed by atoms with van der Waals surface area (Å²) in [6.45, 7) is 8.46. The zero-order chi connectivity index (χ0) is 54.1. The van der Waals surface area contributed by atoms with Crippen LogP contribution in [0.3, 0.4) is 0 Å². The number of nitrogens with one attached hydrogen (secondary N) is 4. The highest BCUT2D eigenvalue weighted by Crippen LogP contribution is 2.52. The molecule has 2 aromatic heterocycles. The highest BCUT2D eigenvalue weighted by atomic mass is 19.1. The highest BCUT2D eigenvalue weighted by molar-refractivity contribution is 5.88. The summed E-state index contributed by atoms with van der Waals surface area (Å²) in [5.74, 6) is -2.31. The Labute approximate surface area is 445 Å². The molecule has 4 amide bonds. The number of imidazole rings is 2. The summed E-state index contributed by atoms with van der Waals surface area (Å²) in [6.07, 6.45) is 8.41. The van der Waals surface area contributed by atoms with Crippen LogP contribution in [0.25, 0.3) is 22.1 Å². The molecule has 20 heteroatoms. The maximum Gasteiger partial charge on any atom is 0.407 e. The lowest BCUT2D eigenvalue weighted by Crippen LogP contribution is -2.53. The summed E-state index contributed by atoms with van der Waals surface area (Å²) in [5.41, 5.74) is 2.11. The van der Waals surface area contributed by atoms with Crippen LogP contribution in [0.15, 0.2) is 36.4 Å². The van der Waals surface area contributed by atoms with E-state index in [1.807, 2.05) is 37.5 Å². The number of carbonyl (C=O) groups is 4. The molecule has 77 heavy (non-hydrogen) atoms. The van der Waals surface area contributed by atoms with Crippen LogP contribution in [-0.4, -0.2) is 105 Å². The number of benzene rings is 3. The number of methoxy groups -OCH3 is 2. The lowest BCUT2D eigenvalue weighted by Gasteiger charge is -2.35. The minimum Gasteiger partial charge on any atom is -0.453 e. The lowest BCUT2D eigenvalue weighted by molar-refractivity contribution is -0.138. The molecule has 4 saturated heterocycles. The van der Waals surface area contributed by atoms with Gasteiger partial charge in [0.1, 0.15) is 41.1 Å². The molecule has 6 heterocycles. The van der Waals surface area contributed by atoms with Gasteiger partial charge in [-0.15, -0.1) is 0 Å². The zero-order valence-electron chi connectivity index (χ0n) is 44.6. The highest BCUT2D eigenvalue weighted by Gasteiger charge is 2.51. The maximum atomic E-state index is 17.1. The molecule has 5 aromatic rings. The molecule has 6 aliphatic rings. The second-order valence-electron chi connectivity index (χ2n) is 23.1. The number of piperidine rings is 1. The lowest BCUT2D eigenvalue weighted by atomic mass is 10.0. The standard InChI is InChI=1S/C57H70F4N10O6/c1-28(2)49(66-56(74)76-5)54(72)70-43-14-10-12-30(43)20-47(70)52-62-39-24-33(35(58)26-41(39)64-52)45-16-17-46(69(45)32-22-37(60)51(38(61)23-32)68-18-8-7-9-19-68)34-25-40-42(27-36(34)59)65-53(63-40)48-21-31-13-11-15-44(31)71(48)55(73)50(29(3)4)67-57(75)77-6/h22-31,43-50H,7-21H2,1-6H3,(H,62,64)(H,63,65)(H,66,74)(H,67,75)/t30-,31-,43-,44-,45+,46+,47-,48-,49-,50?/m0/s1. The van der Waals surface area contributed by atoms with E-state index in [4.69, 9.17) is 19.4 Å². The molecular weight excluding hydrogens is 997 g/mol. The average Bonchev–Trinajstić information content (AvgIpc) is 4.37. The van der Waals surface area contributed by atoms with Crippen LogP contribution in [-0.2, 0) is 19.1 Å². The van der Waals surface area contributed by atoms with Gasteiger partial charge in [-0.05, 0) is 119 Å². The monoisotopic (exact) mass is 1070 g/mol. The van der Waals surface area contributed by atoms with Crippen LogP contribution < -0.4 is 20.4 Å². The maximum absolute atomic E-state index is 17.1. The number of hydrogen-bond donors (Lipinski definition) is 4. The molecule has 0 bridgehead atoms. The minimum atomic E-state index is -0.850. The summed E-state index contributed by atoms with van der Waals surface area (Å²) in [5, 5.41) is 5.47. The van der Waals surface area contributed by atoms with Crippen molar-refractivity contribution in [1.29, 1.82) is 0 Å². The van der Waals surface area contributed by atoms with E-state index in [9.17, 15) is 19.2 Å². The van der Waals surface area contributed by atoms with E-state index in [1.165, 1.54) is 38.5 Å². The van der Waals surface area contributed by atoms with Crippen molar-refractivity contribution in [3.05, 3.63) is 82.4 Å². The van der Waals surface area contributed by atoms with Crippen molar-refractivity contribution >= 4 is 57.4 Å². The van der Waals surface area contributed by atoms with Gasteiger partial charge in [0.15, 0.2) is 11.6 Å². The first-order chi connectivity index (χ1) is 37.0. The number of halogens is 4. The SMILES string of the molecule is COC(=O)NC(C(=O)N1[C@H](c2nc3cc(F)c([C@H]4CC[C@H](c5cc6[nH]c([C@@H]7C[C@@H]8CCC[C@@H]8N7C(=O)[C@@H](NC(=O)OC)C(C)C)nc6cc5F)N4c4cc(F)c(N5CCCCC5)c(F)c4)cc3[nH]2)C[C@@H]2CCC[C@@H]21)C(C)C. The Morgan fingerprint density at radius 3 is 1.43 bits per heavy atom. The molecule has 4 N–H and O–H groups in total. The summed E-state index contributed by atoms with van der Waals surface area (Å²) >= 11 is 0. The number of fused-ring (bicyclic) bond motifs is 4. The molecular formula is C57H70F4N10O6. The number of alkyl carbamates (subject to hydrolysis) is 2. The molecule has 2 aliphatic carbocycles. The molecule has 412 valence electrons. The van der Waals surface area contributed by atoms with Gasteiger partial charge in [-0.2, -0.15) is 0 Å². The Morgan fingerprint density at radius 1 is 0.571 bits per heavy atom. The normalized spacial score (nSPS) is 26.0. The fourth-order valence-electron chi connectivity index (χ4n) is 14.3. The number of carbonyl (C=O) groups excluding carboxylic acids is 4. The number of nitrogens with zero attached hydrogens (tertiary/aromatic N) is 6. The second-order valence-corrected chi connectivity index (χ2v) is 23.1. The van der Waals surface area contributed by atoms with E-state index in [1.54, 1.807) is 21.9 Å². The smallest absolute Gasteiger partial charge is 0.407 e. The molecule has 3 aromatic carbocycles. The van der Waals surface area contributed by atoms with Crippen molar-refractivity contribution in [3.63, 3.8) is 0 Å². The Bertz CT molecular complexity index is 2900. The van der Waals surface area contributed by atoms with E-state index in [-0.39, 0.29) is 82.9 Å². The minimum absolute atomic E-state index is 0.0617. The van der Waals surface area contributed by atoms with E-state index in [0.29, 0.717) is 59.6 Å². The quantitative estimate of drug-likeness (QED) is 0.0878. The molecule has 2 saturated carbocycles. The summed E-state index contributed by atoms with van der Waals surface area (Å²) in [6, 6.07) is 4.14. The Kier molecular flexibility index (Phi) is 14.3. The van der Waals surface area contributed by atoms with E-state index >= 15 is 17.6 Å². The molecule has 16 nitrogen and oxygen atoms in total. The van der Waals surface area contributed by atoms with Crippen LogP contribution in [0.2, 0.25) is 0 Å². The van der Waals surface area contributed by atoms with Gasteiger partial charge in [-0.3, -0.25) is 9.59 Å². The molecule has 0 radical (unpaired) electrons. The summed E-state index contributed by atoms with van der Waals surface area (Å²) < 4.78 is 77.1. The van der Waals surface area contributed by atoms with E-state index in [2.05, 4.69) is 20.6 Å². The second kappa shape index (κ2) is 21.0. The number of likely N-dealkylation sites (tertiary alicyclic amines) is 2. The van der Waals surface area contributed by atoms with Crippen LogP contribution in [0.4, 0.5) is 38.5 Å². The number of aromatic nitrogens is 4. The Hall–Kier alpha value is -6.60. The molecule has 1 unspecified atom stereocenters. The predicted molar refractivity (Wildman–Crippen MR) is 281 cm³/mol. The fourth-order valence-corrected chi connectivity index (χ4v) is 14.3. The van der Waals surface area contributed by atoms with Gasteiger partial charge in [0.25, 0.3) is 0 Å². The summed E-state index contributed by atoms with van der Waals surface area (Å²) in [4.78, 5) is 77.6. The third kappa shape index (κ3) is 9.48. The van der Waals surface area contributed by atoms with Crippen molar-refractivity contribution in [1.82, 2.24) is 40.4 Å². The van der Waals surface area contributed by atoms with Gasteiger partial charge in [-0.25, -0.2) is 37.1 Å². The first kappa shape index (κ1) is 52.5. The number of anilines is 2. The van der Waals surface area contributed by atoms with Crippen molar-refractivity contribution in [2.45, 2.75) is 160 Å². The predicted octanol–water partition coefficient (Wildman–Crippen LogP) is 10.7. The first-order valence-corrected chi connectivity index (χ1v) is 27.8. The Morgan fingerprint density at radius 2 is 1.01 bits per heavy atom. The van der Waals surface area contributed by atoms with Crippen molar-refractivity contribution < 1.29 is 46.2 Å². The van der Waals surface area contributed by atoms with Gasteiger partial charge < -0.3 is 49.7 Å². The third-order valence-corrected chi connectivity index (χ3v) is 17.9. The van der Waals surface area contributed by atoms with Gasteiger partial charge in [-0.1, -0.05) is 40.5 Å². The van der Waals surface area contributed by atoms with Crippen molar-refractivity contribution in [2.24, 2.45) is 23.7 Å². The van der Waals surface area contributed by atoms with Crippen molar-refractivity contribution in [2.75, 3.05) is 37.1 Å². The number of amides is 4. The number of H-pyrrole nitrogens is 2. The molecule has 6 fully saturated rings. The fraction of sp³-hybridized carbons (Fsp3) is 0.579. The molecule has 0 spiro atoms. The molecule has 10 atom stereocenters. The van der Waals surface area contributed by atoms with Crippen LogP contribution in [0.5, 0.6) is 0 Å². The molecule has 11 rings (SSSR count). The summed E-state index contributed by atoms with van der Waals surface area (Å²) in [7, 11) is 2.51.